The number of urea groups is 1. The summed E-state index contributed by atoms with van der Waals surface area (Å²) in [5, 5.41) is 2.38. The van der Waals surface area contributed by atoms with Crippen molar-refractivity contribution in [3.8, 4) is 0 Å². The van der Waals surface area contributed by atoms with Crippen LogP contribution in [0.3, 0.4) is 0 Å². The van der Waals surface area contributed by atoms with Crippen LogP contribution in [0.4, 0.5) is 4.79 Å². The second kappa shape index (κ2) is 6.73. The van der Waals surface area contributed by atoms with Crippen LogP contribution in [0.15, 0.2) is 0 Å². The van der Waals surface area contributed by atoms with Gasteiger partial charge in [-0.15, -0.1) is 0 Å². The molecule has 5 nitrogen and oxygen atoms in total. The Morgan fingerprint density at radius 2 is 2.06 bits per heavy atom. The zero-order valence-corrected chi connectivity index (χ0v) is 11.9. The van der Waals surface area contributed by atoms with Gasteiger partial charge in [0.15, 0.2) is 0 Å². The van der Waals surface area contributed by atoms with Crippen molar-refractivity contribution < 1.29 is 9.59 Å². The van der Waals surface area contributed by atoms with Crippen LogP contribution in [0.5, 0.6) is 0 Å². The quantitative estimate of drug-likeness (QED) is 0.728. The molecule has 3 amide bonds. The van der Waals surface area contributed by atoms with E-state index >= 15 is 0 Å². The van der Waals surface area contributed by atoms with E-state index in [2.05, 4.69) is 31.1 Å². The van der Waals surface area contributed by atoms with Crippen molar-refractivity contribution in [2.24, 2.45) is 5.92 Å². The van der Waals surface area contributed by atoms with Crippen LogP contribution in [0, 0.1) is 5.92 Å². The predicted octanol–water partition coefficient (Wildman–Crippen LogP) is 1.29. The molecule has 1 atom stereocenters. The molecular weight excluding hydrogens is 230 g/mol. The first-order valence-corrected chi connectivity index (χ1v) is 6.71. The molecule has 0 aliphatic carbocycles. The number of nitrogens with zero attached hydrogens (tertiary/aromatic N) is 2. The van der Waals surface area contributed by atoms with Crippen molar-refractivity contribution in [1.82, 2.24) is 15.1 Å². The lowest BCUT2D eigenvalue weighted by Crippen LogP contribution is -2.53. The van der Waals surface area contributed by atoms with Gasteiger partial charge in [-0.1, -0.05) is 6.92 Å². The lowest BCUT2D eigenvalue weighted by atomic mass is 10.1. The SMILES string of the molecule is CC1CN(CCCCN(C)C(C)C)C(=O)NC1=O. The van der Waals surface area contributed by atoms with Crippen LogP contribution in [0.2, 0.25) is 0 Å². The van der Waals surface area contributed by atoms with Gasteiger partial charge >= 0.3 is 6.03 Å². The van der Waals surface area contributed by atoms with Gasteiger partial charge < -0.3 is 9.80 Å². The number of imide groups is 1. The first kappa shape index (κ1) is 15.0. The minimum Gasteiger partial charge on any atom is -0.324 e. The van der Waals surface area contributed by atoms with Gasteiger partial charge in [-0.3, -0.25) is 10.1 Å². The molecule has 1 saturated heterocycles. The third kappa shape index (κ3) is 4.29. The van der Waals surface area contributed by atoms with Gasteiger partial charge in [-0.05, 0) is 40.3 Å². The van der Waals surface area contributed by atoms with Crippen LogP contribution < -0.4 is 5.32 Å². The molecule has 5 heteroatoms. The summed E-state index contributed by atoms with van der Waals surface area (Å²) in [6.45, 7) is 8.51. The summed E-state index contributed by atoms with van der Waals surface area (Å²) in [6, 6.07) is 0.316. The maximum Gasteiger partial charge on any atom is 0.324 e. The summed E-state index contributed by atoms with van der Waals surface area (Å²) >= 11 is 0. The van der Waals surface area contributed by atoms with Gasteiger partial charge in [0, 0.05) is 19.1 Å². The summed E-state index contributed by atoms with van der Waals surface area (Å²) in [5.41, 5.74) is 0. The Bertz CT molecular complexity index is 305. The predicted molar refractivity (Wildman–Crippen MR) is 71.3 cm³/mol. The Balaban J connectivity index is 2.23. The Morgan fingerprint density at radius 3 is 2.67 bits per heavy atom. The molecule has 0 saturated carbocycles. The zero-order chi connectivity index (χ0) is 13.7. The Hall–Kier alpha value is -1.10. The smallest absolute Gasteiger partial charge is 0.324 e. The molecule has 1 unspecified atom stereocenters. The fourth-order valence-corrected chi connectivity index (χ4v) is 1.92. The molecule has 0 aromatic carbocycles. The largest absolute Gasteiger partial charge is 0.324 e. The standard InChI is InChI=1S/C13H25N3O2/c1-10(2)15(4)7-5-6-8-16-9-11(3)12(17)14-13(16)18/h10-11H,5-9H2,1-4H3,(H,14,17,18). The second-order valence-electron chi connectivity index (χ2n) is 5.42. The highest BCUT2D eigenvalue weighted by Gasteiger charge is 2.28. The summed E-state index contributed by atoms with van der Waals surface area (Å²) in [4.78, 5) is 26.9. The number of hydrogen-bond acceptors (Lipinski definition) is 3. The number of carbonyl (C=O) groups is 2. The van der Waals surface area contributed by atoms with Gasteiger partial charge in [0.2, 0.25) is 5.91 Å². The molecule has 1 aliphatic heterocycles. The summed E-state index contributed by atoms with van der Waals surface area (Å²) in [7, 11) is 2.11. The van der Waals surface area contributed by atoms with Gasteiger partial charge in [0.05, 0.1) is 5.92 Å². The van der Waals surface area contributed by atoms with Gasteiger partial charge in [0.1, 0.15) is 0 Å². The second-order valence-corrected chi connectivity index (χ2v) is 5.42. The Kier molecular flexibility index (Phi) is 5.59. The van der Waals surface area contributed by atoms with Crippen LogP contribution in [0.25, 0.3) is 0 Å². The van der Waals surface area contributed by atoms with Crippen molar-refractivity contribution in [2.45, 2.75) is 39.7 Å². The monoisotopic (exact) mass is 255 g/mol. The molecule has 0 aromatic heterocycles. The van der Waals surface area contributed by atoms with Gasteiger partial charge in [-0.25, -0.2) is 4.79 Å². The average Bonchev–Trinajstić information content (AvgIpc) is 2.30. The minimum atomic E-state index is -0.240. The van der Waals surface area contributed by atoms with Crippen molar-refractivity contribution >= 4 is 11.9 Å². The van der Waals surface area contributed by atoms with E-state index in [-0.39, 0.29) is 17.9 Å². The van der Waals surface area contributed by atoms with Crippen molar-refractivity contribution in [3.63, 3.8) is 0 Å². The molecule has 0 radical (unpaired) electrons. The first-order valence-electron chi connectivity index (χ1n) is 6.71. The van der Waals surface area contributed by atoms with E-state index in [4.69, 9.17) is 0 Å². The third-order valence-electron chi connectivity index (χ3n) is 3.53. The molecule has 1 aliphatic rings. The maximum absolute atomic E-state index is 11.6. The number of unbranched alkanes of at least 4 members (excludes halogenated alkanes) is 1. The summed E-state index contributed by atoms with van der Waals surface area (Å²) < 4.78 is 0. The first-order chi connectivity index (χ1) is 8.41. The molecule has 18 heavy (non-hydrogen) atoms. The Morgan fingerprint density at radius 1 is 1.39 bits per heavy atom. The lowest BCUT2D eigenvalue weighted by molar-refractivity contribution is -0.125. The van der Waals surface area contributed by atoms with Crippen LogP contribution in [0.1, 0.15) is 33.6 Å². The number of hydrogen-bond donors (Lipinski definition) is 1. The fourth-order valence-electron chi connectivity index (χ4n) is 1.92. The molecule has 0 bridgehead atoms. The van der Waals surface area contributed by atoms with Gasteiger partial charge in [-0.2, -0.15) is 0 Å². The number of nitrogens with one attached hydrogen (secondary N) is 1. The lowest BCUT2D eigenvalue weighted by Gasteiger charge is -2.30. The van der Waals surface area contributed by atoms with E-state index in [9.17, 15) is 9.59 Å². The molecule has 1 rings (SSSR count). The van der Waals surface area contributed by atoms with E-state index in [1.54, 1.807) is 4.90 Å². The summed E-state index contributed by atoms with van der Waals surface area (Å²) in [5.74, 6) is -0.253. The third-order valence-corrected chi connectivity index (χ3v) is 3.53. The summed E-state index contributed by atoms with van der Waals surface area (Å²) in [6.07, 6.45) is 2.05. The zero-order valence-electron chi connectivity index (χ0n) is 11.9. The van der Waals surface area contributed by atoms with Crippen molar-refractivity contribution in [2.75, 3.05) is 26.7 Å². The average molecular weight is 255 g/mol. The van der Waals surface area contributed by atoms with Crippen molar-refractivity contribution in [1.29, 1.82) is 0 Å². The minimum absolute atomic E-state index is 0.0963. The molecule has 0 aromatic rings. The maximum atomic E-state index is 11.6. The molecule has 1 fully saturated rings. The number of carbonyl (C=O) groups excluding carboxylic acids is 2. The normalized spacial score (nSPS) is 20.8. The van der Waals surface area contributed by atoms with E-state index in [1.807, 2.05) is 6.92 Å². The topological polar surface area (TPSA) is 52.6 Å². The molecular formula is C13H25N3O2. The molecule has 1 N–H and O–H groups in total. The van der Waals surface area contributed by atoms with E-state index < -0.39 is 0 Å². The van der Waals surface area contributed by atoms with E-state index in [1.165, 1.54) is 0 Å². The van der Waals surface area contributed by atoms with E-state index in [0.29, 0.717) is 12.6 Å². The highest BCUT2D eigenvalue weighted by Crippen LogP contribution is 2.09. The molecule has 1 heterocycles. The highest BCUT2D eigenvalue weighted by atomic mass is 16.2. The van der Waals surface area contributed by atoms with E-state index in [0.717, 1.165) is 25.9 Å². The molecule has 0 spiro atoms. The Labute approximate surface area is 110 Å². The number of amides is 3. The number of rotatable bonds is 6. The van der Waals surface area contributed by atoms with Crippen molar-refractivity contribution in [3.05, 3.63) is 0 Å². The highest BCUT2D eigenvalue weighted by molar-refractivity contribution is 5.97. The van der Waals surface area contributed by atoms with Crippen LogP contribution in [-0.4, -0.2) is 54.5 Å². The fraction of sp³-hybridized carbons (Fsp3) is 0.846. The molecule has 104 valence electrons. The van der Waals surface area contributed by atoms with Crippen LogP contribution >= 0.6 is 0 Å². The van der Waals surface area contributed by atoms with Crippen LogP contribution in [-0.2, 0) is 4.79 Å². The van der Waals surface area contributed by atoms with Gasteiger partial charge in [0.25, 0.3) is 0 Å².